The van der Waals surface area contributed by atoms with Gasteiger partial charge in [0, 0.05) is 18.4 Å². The maximum Gasteiger partial charge on any atom is 0.326 e. The molecule has 0 bridgehead atoms. The number of carbonyl (C=O) groups excluding carboxylic acids is 2. The van der Waals surface area contributed by atoms with Crippen molar-refractivity contribution in [3.8, 4) is 0 Å². The largest absolute Gasteiger partial charge is 0.480 e. The predicted octanol–water partition coefficient (Wildman–Crippen LogP) is 2.55. The second-order valence-corrected chi connectivity index (χ2v) is 5.03. The van der Waals surface area contributed by atoms with E-state index < -0.39 is 23.7 Å². The van der Waals surface area contributed by atoms with E-state index in [0.717, 1.165) is 6.42 Å². The number of carboxylic acids is 1. The molecular weight excluding hydrogens is 289 g/mol. The van der Waals surface area contributed by atoms with Crippen LogP contribution in [-0.2, 0) is 9.59 Å². The normalized spacial score (nSPS) is 11.7. The third kappa shape index (κ3) is 6.03. The first-order valence-corrected chi connectivity index (χ1v) is 7.25. The number of halogens is 1. The number of benzene rings is 1. The average molecular weight is 309 g/mol. The molecule has 1 rings (SSSR count). The third-order valence-electron chi connectivity index (χ3n) is 3.22. The topological polar surface area (TPSA) is 83.5 Å². The van der Waals surface area contributed by atoms with Crippen molar-refractivity contribution in [1.29, 1.82) is 0 Å². The maximum absolute atomic E-state index is 12.8. The second-order valence-electron chi connectivity index (χ2n) is 5.03. The van der Waals surface area contributed by atoms with Crippen LogP contribution in [0.25, 0.3) is 0 Å². The van der Waals surface area contributed by atoms with E-state index in [9.17, 15) is 18.8 Å². The Morgan fingerprint density at radius 3 is 2.36 bits per heavy atom. The van der Waals surface area contributed by atoms with E-state index >= 15 is 0 Å². The predicted molar refractivity (Wildman–Crippen MR) is 79.1 cm³/mol. The van der Waals surface area contributed by atoms with Crippen molar-refractivity contribution in [2.45, 2.75) is 45.1 Å². The Kier molecular flexibility index (Phi) is 7.22. The molecule has 0 fully saturated rings. The van der Waals surface area contributed by atoms with E-state index in [1.54, 1.807) is 0 Å². The molecule has 0 unspecified atom stereocenters. The molecule has 0 radical (unpaired) electrons. The third-order valence-corrected chi connectivity index (χ3v) is 3.22. The van der Waals surface area contributed by atoms with E-state index in [-0.39, 0.29) is 18.6 Å². The monoisotopic (exact) mass is 309 g/mol. The molecule has 0 spiro atoms. The molecular formula is C16H20FNO4. The number of hydrogen-bond acceptors (Lipinski definition) is 3. The van der Waals surface area contributed by atoms with Gasteiger partial charge in [0.25, 0.3) is 0 Å². The van der Waals surface area contributed by atoms with Gasteiger partial charge in [0.1, 0.15) is 11.9 Å². The number of carboxylic acid groups (broad SMARTS) is 1. The Bertz CT molecular complexity index is 527. The molecule has 0 aliphatic carbocycles. The minimum Gasteiger partial charge on any atom is -0.480 e. The van der Waals surface area contributed by atoms with E-state index in [1.807, 2.05) is 6.92 Å². The highest BCUT2D eigenvalue weighted by atomic mass is 19.1. The van der Waals surface area contributed by atoms with Crippen molar-refractivity contribution in [1.82, 2.24) is 5.32 Å². The van der Waals surface area contributed by atoms with Gasteiger partial charge < -0.3 is 10.4 Å². The van der Waals surface area contributed by atoms with Crippen LogP contribution >= 0.6 is 0 Å². The zero-order chi connectivity index (χ0) is 16.5. The second kappa shape index (κ2) is 8.92. The average Bonchev–Trinajstić information content (AvgIpc) is 2.49. The summed E-state index contributed by atoms with van der Waals surface area (Å²) in [6.45, 7) is 1.93. The fraction of sp³-hybridized carbons (Fsp3) is 0.438. The molecule has 1 aromatic rings. The number of aliphatic carboxylic acids is 1. The van der Waals surface area contributed by atoms with Crippen LogP contribution in [0.3, 0.4) is 0 Å². The van der Waals surface area contributed by atoms with Gasteiger partial charge >= 0.3 is 5.97 Å². The van der Waals surface area contributed by atoms with E-state index in [1.165, 1.54) is 24.3 Å². The summed E-state index contributed by atoms with van der Waals surface area (Å²) in [6.07, 6.45) is 1.77. The van der Waals surface area contributed by atoms with Gasteiger partial charge in [-0.25, -0.2) is 9.18 Å². The molecule has 1 aromatic carbocycles. The molecule has 0 heterocycles. The molecule has 2 N–H and O–H groups in total. The number of amides is 1. The Morgan fingerprint density at radius 1 is 1.18 bits per heavy atom. The fourth-order valence-electron chi connectivity index (χ4n) is 1.94. The quantitative estimate of drug-likeness (QED) is 0.687. The molecule has 6 heteroatoms. The zero-order valence-electron chi connectivity index (χ0n) is 12.5. The summed E-state index contributed by atoms with van der Waals surface area (Å²) in [4.78, 5) is 34.6. The van der Waals surface area contributed by atoms with Crippen LogP contribution in [0.2, 0.25) is 0 Å². The summed E-state index contributed by atoms with van der Waals surface area (Å²) in [5, 5.41) is 11.4. The number of carbonyl (C=O) groups is 3. The van der Waals surface area contributed by atoms with Crippen LogP contribution < -0.4 is 5.32 Å². The smallest absolute Gasteiger partial charge is 0.326 e. The molecule has 0 saturated heterocycles. The molecule has 0 aliphatic heterocycles. The first kappa shape index (κ1) is 17.8. The zero-order valence-corrected chi connectivity index (χ0v) is 12.5. The van der Waals surface area contributed by atoms with Gasteiger partial charge in [0.2, 0.25) is 5.91 Å². The van der Waals surface area contributed by atoms with Gasteiger partial charge in [-0.15, -0.1) is 0 Å². The van der Waals surface area contributed by atoms with E-state index in [4.69, 9.17) is 5.11 Å². The van der Waals surface area contributed by atoms with Crippen molar-refractivity contribution in [2.75, 3.05) is 0 Å². The number of Topliss-reactive ketones (excluding diaryl/α,β-unsaturated/α-hetero) is 1. The molecule has 5 nitrogen and oxygen atoms in total. The maximum atomic E-state index is 12.8. The van der Waals surface area contributed by atoms with Gasteiger partial charge in [0.05, 0.1) is 0 Å². The van der Waals surface area contributed by atoms with Crippen LogP contribution in [0.4, 0.5) is 4.39 Å². The minimum atomic E-state index is -1.08. The minimum absolute atomic E-state index is 0.0441. The van der Waals surface area contributed by atoms with Crippen molar-refractivity contribution in [3.63, 3.8) is 0 Å². The van der Waals surface area contributed by atoms with Gasteiger partial charge in [-0.05, 0) is 30.7 Å². The van der Waals surface area contributed by atoms with Crippen molar-refractivity contribution in [3.05, 3.63) is 35.6 Å². The molecule has 1 amide bonds. The Morgan fingerprint density at radius 2 is 1.82 bits per heavy atom. The number of unbranched alkanes of at least 4 members (excludes halogenated alkanes) is 1. The van der Waals surface area contributed by atoms with Gasteiger partial charge in [-0.1, -0.05) is 19.8 Å². The van der Waals surface area contributed by atoms with Crippen LogP contribution in [0.5, 0.6) is 0 Å². The lowest BCUT2D eigenvalue weighted by atomic mass is 10.1. The van der Waals surface area contributed by atoms with Crippen LogP contribution in [0.1, 0.15) is 49.4 Å². The molecule has 0 aliphatic rings. The van der Waals surface area contributed by atoms with Crippen LogP contribution in [-0.4, -0.2) is 28.8 Å². The summed E-state index contributed by atoms with van der Waals surface area (Å²) in [5.74, 6) is -2.27. The summed E-state index contributed by atoms with van der Waals surface area (Å²) >= 11 is 0. The van der Waals surface area contributed by atoms with Crippen molar-refractivity contribution in [2.24, 2.45) is 0 Å². The number of nitrogens with one attached hydrogen (secondary N) is 1. The molecule has 22 heavy (non-hydrogen) atoms. The number of hydrogen-bond donors (Lipinski definition) is 2. The molecule has 0 aromatic heterocycles. The highest BCUT2D eigenvalue weighted by Crippen LogP contribution is 2.08. The van der Waals surface area contributed by atoms with E-state index in [2.05, 4.69) is 5.32 Å². The number of ketones is 1. The fourth-order valence-corrected chi connectivity index (χ4v) is 1.94. The van der Waals surface area contributed by atoms with Gasteiger partial charge in [-0.2, -0.15) is 0 Å². The Balaban J connectivity index is 2.45. The first-order chi connectivity index (χ1) is 10.4. The lowest BCUT2D eigenvalue weighted by Gasteiger charge is -2.13. The summed E-state index contributed by atoms with van der Waals surface area (Å²) in [6, 6.07) is 4.15. The van der Waals surface area contributed by atoms with Gasteiger partial charge in [-0.3, -0.25) is 9.59 Å². The SMILES string of the molecule is CCCC[C@H](NC(=O)CCC(=O)c1ccc(F)cc1)C(=O)O. The highest BCUT2D eigenvalue weighted by molar-refractivity contribution is 5.98. The van der Waals surface area contributed by atoms with Crippen LogP contribution in [0, 0.1) is 5.82 Å². The highest BCUT2D eigenvalue weighted by Gasteiger charge is 2.19. The lowest BCUT2D eigenvalue weighted by Crippen LogP contribution is -2.40. The van der Waals surface area contributed by atoms with E-state index in [0.29, 0.717) is 18.4 Å². The summed E-state index contributed by atoms with van der Waals surface area (Å²) < 4.78 is 12.8. The van der Waals surface area contributed by atoms with Crippen LogP contribution in [0.15, 0.2) is 24.3 Å². The molecule has 1 atom stereocenters. The summed E-state index contributed by atoms with van der Waals surface area (Å²) in [5.41, 5.74) is 0.329. The Hall–Kier alpha value is -2.24. The molecule has 120 valence electrons. The Labute approximate surface area is 128 Å². The first-order valence-electron chi connectivity index (χ1n) is 7.25. The molecule has 0 saturated carbocycles. The van der Waals surface area contributed by atoms with Crippen molar-refractivity contribution >= 4 is 17.7 Å². The van der Waals surface area contributed by atoms with Gasteiger partial charge in [0.15, 0.2) is 5.78 Å². The number of rotatable bonds is 9. The van der Waals surface area contributed by atoms with Crippen molar-refractivity contribution < 1.29 is 23.9 Å². The standard InChI is InChI=1S/C16H20FNO4/c1-2-3-4-13(16(21)22)18-15(20)10-9-14(19)11-5-7-12(17)8-6-11/h5-8,13H,2-4,9-10H2,1H3,(H,18,20)(H,21,22)/t13-/m0/s1. The lowest BCUT2D eigenvalue weighted by molar-refractivity contribution is -0.142. The summed E-state index contributed by atoms with van der Waals surface area (Å²) in [7, 11) is 0.